The zero-order valence-corrected chi connectivity index (χ0v) is 6.49. The highest BCUT2D eigenvalue weighted by atomic mass is 14.6. The Hall–Kier alpha value is -1.81. The monoisotopic (exact) mass is 153 g/mol. The maximum Gasteiger partial charge on any atom is 0.0346 e. The van der Waals surface area contributed by atoms with E-state index in [-0.39, 0.29) is 0 Å². The molecule has 0 aliphatic rings. The molecule has 0 amide bonds. The fourth-order valence-electron chi connectivity index (χ4n) is 1.17. The number of benzene rings is 1. The van der Waals surface area contributed by atoms with Gasteiger partial charge in [-0.05, 0) is 23.6 Å². The predicted molar refractivity (Wildman–Crippen MR) is 49.7 cm³/mol. The number of terminal acetylenes is 1. The Bertz CT molecular complexity index is 452. The topological polar surface area (TPSA) is 12.9 Å². The first kappa shape index (κ1) is 6.87. The van der Waals surface area contributed by atoms with Gasteiger partial charge in [-0.1, -0.05) is 12.0 Å². The highest BCUT2D eigenvalue weighted by Gasteiger charge is 1.92. The van der Waals surface area contributed by atoms with Crippen molar-refractivity contribution < 1.29 is 0 Å². The molecule has 0 spiro atoms. The lowest BCUT2D eigenvalue weighted by Gasteiger charge is -1.95. The Kier molecular flexibility index (Phi) is 1.53. The molecule has 0 bridgehead atoms. The third-order valence-electron chi connectivity index (χ3n) is 1.81. The number of pyridine rings is 1. The first-order valence-electron chi connectivity index (χ1n) is 3.70. The van der Waals surface area contributed by atoms with Gasteiger partial charge < -0.3 is 0 Å². The average molecular weight is 153 g/mol. The van der Waals surface area contributed by atoms with Crippen molar-refractivity contribution in [3.63, 3.8) is 0 Å². The minimum Gasteiger partial charge on any atom is -0.264 e. The molecule has 1 heteroatoms. The van der Waals surface area contributed by atoms with Crippen molar-refractivity contribution in [3.8, 4) is 12.3 Å². The molecule has 0 unspecified atom stereocenters. The molecule has 0 fully saturated rings. The van der Waals surface area contributed by atoms with E-state index in [0.717, 1.165) is 16.3 Å². The lowest BCUT2D eigenvalue weighted by atomic mass is 10.1. The smallest absolute Gasteiger partial charge is 0.0346 e. The summed E-state index contributed by atoms with van der Waals surface area (Å²) in [5.41, 5.74) is 0.911. The zero-order chi connectivity index (χ0) is 8.39. The van der Waals surface area contributed by atoms with E-state index in [1.807, 2.05) is 30.5 Å². The van der Waals surface area contributed by atoms with Gasteiger partial charge in [0.15, 0.2) is 0 Å². The van der Waals surface area contributed by atoms with Crippen LogP contribution >= 0.6 is 0 Å². The van der Waals surface area contributed by atoms with Gasteiger partial charge in [-0.25, -0.2) is 0 Å². The Balaban J connectivity index is 2.78. The number of hydrogen-bond donors (Lipinski definition) is 0. The van der Waals surface area contributed by atoms with Crippen molar-refractivity contribution in [1.82, 2.24) is 4.98 Å². The van der Waals surface area contributed by atoms with Crippen molar-refractivity contribution in [2.75, 3.05) is 0 Å². The molecule has 0 saturated heterocycles. The molecule has 12 heavy (non-hydrogen) atoms. The van der Waals surface area contributed by atoms with Gasteiger partial charge >= 0.3 is 0 Å². The van der Waals surface area contributed by atoms with Gasteiger partial charge in [0.2, 0.25) is 0 Å². The van der Waals surface area contributed by atoms with Gasteiger partial charge in [0.1, 0.15) is 0 Å². The lowest BCUT2D eigenvalue weighted by molar-refractivity contribution is 1.36. The van der Waals surface area contributed by atoms with E-state index in [2.05, 4.69) is 10.9 Å². The SMILES string of the molecule is C#Cc1ccc2cnccc2c1. The van der Waals surface area contributed by atoms with Crippen LogP contribution in [0.4, 0.5) is 0 Å². The van der Waals surface area contributed by atoms with E-state index in [0.29, 0.717) is 0 Å². The summed E-state index contributed by atoms with van der Waals surface area (Å²) in [6, 6.07) is 7.84. The highest BCUT2D eigenvalue weighted by Crippen LogP contribution is 2.13. The Morgan fingerprint density at radius 1 is 1.17 bits per heavy atom. The van der Waals surface area contributed by atoms with E-state index < -0.39 is 0 Å². The second-order valence-corrected chi connectivity index (χ2v) is 2.58. The Labute approximate surface area is 71.1 Å². The number of aromatic nitrogens is 1. The van der Waals surface area contributed by atoms with Crippen molar-refractivity contribution in [2.24, 2.45) is 0 Å². The summed E-state index contributed by atoms with van der Waals surface area (Å²) < 4.78 is 0. The summed E-state index contributed by atoms with van der Waals surface area (Å²) in [5, 5.41) is 2.26. The summed E-state index contributed by atoms with van der Waals surface area (Å²) in [4.78, 5) is 4.02. The Morgan fingerprint density at radius 3 is 2.92 bits per heavy atom. The lowest BCUT2D eigenvalue weighted by Crippen LogP contribution is -1.77. The van der Waals surface area contributed by atoms with Crippen LogP contribution in [0, 0.1) is 12.3 Å². The van der Waals surface area contributed by atoms with Crippen LogP contribution in [0.5, 0.6) is 0 Å². The second-order valence-electron chi connectivity index (χ2n) is 2.58. The summed E-state index contributed by atoms with van der Waals surface area (Å²) in [5.74, 6) is 2.60. The van der Waals surface area contributed by atoms with Crippen LogP contribution in [0.2, 0.25) is 0 Å². The van der Waals surface area contributed by atoms with Crippen molar-refractivity contribution in [3.05, 3.63) is 42.2 Å². The maximum atomic E-state index is 5.28. The number of nitrogens with zero attached hydrogens (tertiary/aromatic N) is 1. The molecular formula is C11H7N. The maximum absolute atomic E-state index is 5.28. The molecule has 2 rings (SSSR count). The number of rotatable bonds is 0. The largest absolute Gasteiger partial charge is 0.264 e. The molecular weight excluding hydrogens is 146 g/mol. The molecule has 0 saturated carbocycles. The highest BCUT2D eigenvalue weighted by molar-refractivity contribution is 5.82. The molecule has 56 valence electrons. The van der Waals surface area contributed by atoms with Gasteiger partial charge in [-0.15, -0.1) is 6.42 Å². The fraction of sp³-hybridized carbons (Fsp3) is 0. The quantitative estimate of drug-likeness (QED) is 0.529. The summed E-state index contributed by atoms with van der Waals surface area (Å²) in [7, 11) is 0. The van der Waals surface area contributed by atoms with Crippen LogP contribution in [0.15, 0.2) is 36.7 Å². The second kappa shape index (κ2) is 2.67. The summed E-state index contributed by atoms with van der Waals surface area (Å²) >= 11 is 0. The van der Waals surface area contributed by atoms with Gasteiger partial charge in [-0.3, -0.25) is 4.98 Å². The number of fused-ring (bicyclic) bond motifs is 1. The van der Waals surface area contributed by atoms with Gasteiger partial charge in [0.05, 0.1) is 0 Å². The molecule has 2 aromatic rings. The predicted octanol–water partition coefficient (Wildman–Crippen LogP) is 2.22. The van der Waals surface area contributed by atoms with Crippen LogP contribution in [0.3, 0.4) is 0 Å². The van der Waals surface area contributed by atoms with Crippen LogP contribution in [-0.4, -0.2) is 4.98 Å². The van der Waals surface area contributed by atoms with Gasteiger partial charge in [0.25, 0.3) is 0 Å². The van der Waals surface area contributed by atoms with E-state index in [1.54, 1.807) is 6.20 Å². The van der Waals surface area contributed by atoms with Crippen LogP contribution in [-0.2, 0) is 0 Å². The molecule has 0 atom stereocenters. The summed E-state index contributed by atoms with van der Waals surface area (Å²) in [6.45, 7) is 0. The first-order valence-corrected chi connectivity index (χ1v) is 3.70. The van der Waals surface area contributed by atoms with Crippen molar-refractivity contribution in [1.29, 1.82) is 0 Å². The molecule has 0 aliphatic carbocycles. The average Bonchev–Trinajstić information content (AvgIpc) is 2.17. The molecule has 0 radical (unpaired) electrons. The van der Waals surface area contributed by atoms with E-state index in [9.17, 15) is 0 Å². The molecule has 0 N–H and O–H groups in total. The fourth-order valence-corrected chi connectivity index (χ4v) is 1.17. The van der Waals surface area contributed by atoms with E-state index in [4.69, 9.17) is 6.42 Å². The molecule has 0 aliphatic heterocycles. The van der Waals surface area contributed by atoms with Crippen LogP contribution in [0.1, 0.15) is 5.56 Å². The Morgan fingerprint density at radius 2 is 2.08 bits per heavy atom. The normalized spacial score (nSPS) is 9.58. The summed E-state index contributed by atoms with van der Waals surface area (Å²) in [6.07, 6.45) is 8.87. The van der Waals surface area contributed by atoms with Crippen molar-refractivity contribution >= 4 is 10.8 Å². The van der Waals surface area contributed by atoms with Gasteiger partial charge in [0, 0.05) is 23.3 Å². The minimum absolute atomic E-state index is 0.911. The van der Waals surface area contributed by atoms with Crippen LogP contribution in [0.25, 0.3) is 10.8 Å². The molecule has 1 nitrogen and oxygen atoms in total. The van der Waals surface area contributed by atoms with E-state index >= 15 is 0 Å². The zero-order valence-electron chi connectivity index (χ0n) is 6.49. The first-order chi connectivity index (χ1) is 5.90. The van der Waals surface area contributed by atoms with Gasteiger partial charge in [-0.2, -0.15) is 0 Å². The van der Waals surface area contributed by atoms with Crippen molar-refractivity contribution in [2.45, 2.75) is 0 Å². The van der Waals surface area contributed by atoms with E-state index in [1.165, 1.54) is 0 Å². The van der Waals surface area contributed by atoms with Crippen LogP contribution < -0.4 is 0 Å². The number of hydrogen-bond acceptors (Lipinski definition) is 1. The molecule has 1 aromatic carbocycles. The minimum atomic E-state index is 0.911. The standard InChI is InChI=1S/C11H7N/c1-2-9-3-4-11-8-12-6-5-10(11)7-9/h1,3-8H. The molecule has 1 aromatic heterocycles. The third-order valence-corrected chi connectivity index (χ3v) is 1.81. The molecule has 1 heterocycles. The third kappa shape index (κ3) is 1.04.